The van der Waals surface area contributed by atoms with E-state index in [1.807, 2.05) is 6.92 Å². The third-order valence-corrected chi connectivity index (χ3v) is 5.53. The van der Waals surface area contributed by atoms with Crippen LogP contribution in [0.3, 0.4) is 0 Å². The van der Waals surface area contributed by atoms with Crippen LogP contribution < -0.4 is 16.6 Å². The minimum atomic E-state index is -0.608. The monoisotopic (exact) mass is 441 g/mol. The van der Waals surface area contributed by atoms with E-state index in [4.69, 9.17) is 4.52 Å². The van der Waals surface area contributed by atoms with Gasteiger partial charge in [-0.2, -0.15) is 4.98 Å². The highest BCUT2D eigenvalue weighted by molar-refractivity contribution is 5.75. The first-order valence-corrected chi connectivity index (χ1v) is 10.7. The van der Waals surface area contributed by atoms with Crippen LogP contribution in [0.2, 0.25) is 0 Å². The van der Waals surface area contributed by atoms with Gasteiger partial charge in [0.1, 0.15) is 17.9 Å². The molecular formula is C22H24FN5O4. The smallest absolute Gasteiger partial charge is 0.331 e. The maximum atomic E-state index is 13.3. The summed E-state index contributed by atoms with van der Waals surface area (Å²) < 4.78 is 20.7. The van der Waals surface area contributed by atoms with Crippen molar-refractivity contribution in [2.45, 2.75) is 58.7 Å². The highest BCUT2D eigenvalue weighted by Crippen LogP contribution is 2.21. The van der Waals surface area contributed by atoms with E-state index in [9.17, 15) is 18.8 Å². The van der Waals surface area contributed by atoms with Crippen LogP contribution in [-0.2, 0) is 37.3 Å². The Hall–Kier alpha value is -3.56. The van der Waals surface area contributed by atoms with E-state index >= 15 is 0 Å². The first-order valence-electron chi connectivity index (χ1n) is 10.7. The lowest BCUT2D eigenvalue weighted by Crippen LogP contribution is -2.45. The highest BCUT2D eigenvalue weighted by atomic mass is 19.1. The molecule has 0 saturated carbocycles. The predicted octanol–water partition coefficient (Wildman–Crippen LogP) is 1.80. The van der Waals surface area contributed by atoms with Gasteiger partial charge in [0.05, 0.1) is 0 Å². The van der Waals surface area contributed by atoms with Crippen LogP contribution >= 0.6 is 0 Å². The summed E-state index contributed by atoms with van der Waals surface area (Å²) in [6, 6.07) is 5.70. The van der Waals surface area contributed by atoms with Gasteiger partial charge in [0.25, 0.3) is 5.56 Å². The molecule has 1 amide bonds. The summed E-state index contributed by atoms with van der Waals surface area (Å²) in [5.41, 5.74) is 0.367. The van der Waals surface area contributed by atoms with E-state index in [0.29, 0.717) is 36.5 Å². The molecule has 10 heteroatoms. The average Bonchev–Trinajstić information content (AvgIpc) is 3.13. The van der Waals surface area contributed by atoms with Crippen molar-refractivity contribution in [1.29, 1.82) is 0 Å². The van der Waals surface area contributed by atoms with Crippen molar-refractivity contribution in [3.63, 3.8) is 0 Å². The van der Waals surface area contributed by atoms with Crippen LogP contribution in [0.15, 0.2) is 38.4 Å². The van der Waals surface area contributed by atoms with Crippen LogP contribution in [0.4, 0.5) is 4.39 Å². The third-order valence-electron chi connectivity index (χ3n) is 5.53. The third kappa shape index (κ3) is 4.39. The van der Waals surface area contributed by atoms with Gasteiger partial charge in [-0.05, 0) is 37.0 Å². The fourth-order valence-corrected chi connectivity index (χ4v) is 3.84. The molecule has 0 atom stereocenters. The quantitative estimate of drug-likeness (QED) is 0.624. The molecule has 32 heavy (non-hydrogen) atoms. The highest BCUT2D eigenvalue weighted by Gasteiger charge is 2.25. The van der Waals surface area contributed by atoms with E-state index in [-0.39, 0.29) is 23.7 Å². The van der Waals surface area contributed by atoms with E-state index < -0.39 is 23.7 Å². The van der Waals surface area contributed by atoms with Crippen LogP contribution in [0.5, 0.6) is 0 Å². The molecule has 0 unspecified atom stereocenters. The number of carbonyl (C=O) groups is 1. The van der Waals surface area contributed by atoms with Gasteiger partial charge in [-0.3, -0.25) is 18.7 Å². The van der Waals surface area contributed by atoms with Gasteiger partial charge >= 0.3 is 5.69 Å². The zero-order valence-corrected chi connectivity index (χ0v) is 17.8. The topological polar surface area (TPSA) is 112 Å². The van der Waals surface area contributed by atoms with Crippen molar-refractivity contribution < 1.29 is 13.7 Å². The van der Waals surface area contributed by atoms with Gasteiger partial charge in [-0.15, -0.1) is 0 Å². The Morgan fingerprint density at radius 1 is 1.19 bits per heavy atom. The molecule has 1 N–H and O–H groups in total. The normalized spacial score (nSPS) is 13.4. The van der Waals surface area contributed by atoms with Crippen molar-refractivity contribution in [3.8, 4) is 11.4 Å². The van der Waals surface area contributed by atoms with Crippen molar-refractivity contribution in [2.24, 2.45) is 0 Å². The first kappa shape index (κ1) is 21.7. The molecular weight excluding hydrogens is 417 g/mol. The molecule has 0 saturated heterocycles. The molecule has 3 aromatic rings. The SMILES string of the molecule is CCc1nc(-c2c3n(c(=O)n(CC(=O)NCc4ccc(F)cc4)c2=O)CCCCC3)no1. The summed E-state index contributed by atoms with van der Waals surface area (Å²) in [6.45, 7) is 2.02. The van der Waals surface area contributed by atoms with Crippen molar-refractivity contribution in [3.05, 3.63) is 68.1 Å². The number of aromatic nitrogens is 4. The molecule has 0 bridgehead atoms. The van der Waals surface area contributed by atoms with E-state index in [0.717, 1.165) is 23.8 Å². The second kappa shape index (κ2) is 9.29. The number of rotatable bonds is 6. The minimum absolute atomic E-state index is 0.137. The number of nitrogens with zero attached hydrogens (tertiary/aromatic N) is 4. The molecule has 1 aromatic carbocycles. The van der Waals surface area contributed by atoms with Crippen molar-refractivity contribution in [2.75, 3.05) is 0 Å². The molecule has 1 aliphatic heterocycles. The van der Waals surface area contributed by atoms with Crippen LogP contribution in [-0.4, -0.2) is 25.2 Å². The standard InChI is InChI=1S/C22H24FN5O4/c1-2-18-25-20(26-32-18)19-16-6-4-3-5-11-27(16)22(31)28(21(19)30)13-17(29)24-12-14-7-9-15(23)10-8-14/h7-10H,2-6,11-13H2,1H3,(H,24,29). The summed E-state index contributed by atoms with van der Waals surface area (Å²) in [6.07, 6.45) is 3.63. The number of hydrogen-bond donors (Lipinski definition) is 1. The Kier molecular flexibility index (Phi) is 6.29. The molecule has 4 rings (SSSR count). The Labute approximate surface area is 182 Å². The molecule has 0 aliphatic carbocycles. The molecule has 3 heterocycles. The van der Waals surface area contributed by atoms with Gasteiger partial charge in [0, 0.05) is 25.2 Å². The predicted molar refractivity (Wildman–Crippen MR) is 113 cm³/mol. The van der Waals surface area contributed by atoms with E-state index in [1.54, 1.807) is 16.7 Å². The maximum Gasteiger partial charge on any atom is 0.331 e. The Morgan fingerprint density at radius 2 is 1.97 bits per heavy atom. The Morgan fingerprint density at radius 3 is 2.69 bits per heavy atom. The lowest BCUT2D eigenvalue weighted by molar-refractivity contribution is -0.121. The summed E-state index contributed by atoms with van der Waals surface area (Å²) in [5, 5.41) is 6.61. The average molecular weight is 441 g/mol. The lowest BCUT2D eigenvalue weighted by Gasteiger charge is -2.16. The fraction of sp³-hybridized carbons (Fsp3) is 0.409. The fourth-order valence-electron chi connectivity index (χ4n) is 3.84. The van der Waals surface area contributed by atoms with Gasteiger partial charge in [-0.1, -0.05) is 30.6 Å². The van der Waals surface area contributed by atoms with Gasteiger partial charge in [-0.25, -0.2) is 9.18 Å². The summed E-state index contributed by atoms with van der Waals surface area (Å²) in [4.78, 5) is 43.3. The van der Waals surface area contributed by atoms with Crippen molar-refractivity contribution >= 4 is 5.91 Å². The second-order valence-electron chi connectivity index (χ2n) is 7.73. The Balaban J connectivity index is 1.68. The second-order valence-corrected chi connectivity index (χ2v) is 7.73. The summed E-state index contributed by atoms with van der Waals surface area (Å²) in [7, 11) is 0. The number of aryl methyl sites for hydroxylation is 1. The number of hydrogen-bond acceptors (Lipinski definition) is 6. The number of carbonyl (C=O) groups excluding carboxylic acids is 1. The van der Waals surface area contributed by atoms with Crippen LogP contribution in [0.1, 0.15) is 43.3 Å². The van der Waals surface area contributed by atoms with Gasteiger partial charge < -0.3 is 9.84 Å². The molecule has 0 radical (unpaired) electrons. The molecule has 1 aliphatic rings. The molecule has 0 spiro atoms. The number of halogens is 1. The summed E-state index contributed by atoms with van der Waals surface area (Å²) >= 11 is 0. The minimum Gasteiger partial charge on any atom is -0.350 e. The van der Waals surface area contributed by atoms with Crippen molar-refractivity contribution in [1.82, 2.24) is 24.6 Å². The Bertz CT molecular complexity index is 1240. The van der Waals surface area contributed by atoms with Gasteiger partial charge in [0.15, 0.2) is 0 Å². The molecule has 2 aromatic heterocycles. The molecule has 168 valence electrons. The number of benzene rings is 1. The molecule has 9 nitrogen and oxygen atoms in total. The zero-order chi connectivity index (χ0) is 22.7. The summed E-state index contributed by atoms with van der Waals surface area (Å²) in [5.74, 6) is -0.347. The first-order chi connectivity index (χ1) is 15.5. The number of fused-ring (bicyclic) bond motifs is 1. The molecule has 0 fully saturated rings. The largest absolute Gasteiger partial charge is 0.350 e. The van der Waals surface area contributed by atoms with Crippen LogP contribution in [0.25, 0.3) is 11.4 Å². The number of nitrogens with one attached hydrogen (secondary N) is 1. The number of amides is 1. The zero-order valence-electron chi connectivity index (χ0n) is 17.8. The van der Waals surface area contributed by atoms with E-state index in [2.05, 4.69) is 15.5 Å². The maximum absolute atomic E-state index is 13.3. The lowest BCUT2D eigenvalue weighted by atomic mass is 10.1. The van der Waals surface area contributed by atoms with E-state index in [1.165, 1.54) is 12.1 Å². The van der Waals surface area contributed by atoms with Gasteiger partial charge in [0.2, 0.25) is 17.6 Å². The van der Waals surface area contributed by atoms with Crippen LogP contribution in [0, 0.1) is 5.82 Å².